The fourth-order valence-electron chi connectivity index (χ4n) is 0.732. The number of aromatic amines is 1. The molecule has 0 aliphatic rings. The number of H-pyrrole nitrogens is 1. The highest BCUT2D eigenvalue weighted by Crippen LogP contribution is 1.96. The number of rotatable bonds is 3. The smallest absolute Gasteiger partial charge is 0.335 e. The molecule has 0 aromatic carbocycles. The Morgan fingerprint density at radius 1 is 1.92 bits per heavy atom. The summed E-state index contributed by atoms with van der Waals surface area (Å²) >= 11 is 0. The number of hydrogen-bond acceptors (Lipinski definition) is 5. The van der Waals surface area contributed by atoms with E-state index in [9.17, 15) is 4.79 Å². The van der Waals surface area contributed by atoms with Gasteiger partial charge in [0, 0.05) is 6.42 Å². The number of esters is 1. The van der Waals surface area contributed by atoms with Gasteiger partial charge in [0.1, 0.15) is 12.2 Å². The number of nitrogens with one attached hydrogen (secondary N) is 1. The van der Waals surface area contributed by atoms with Crippen LogP contribution in [0.1, 0.15) is 5.82 Å². The summed E-state index contributed by atoms with van der Waals surface area (Å²) in [5, 5.41) is 15.2. The molecule has 1 aromatic heterocycles. The molecule has 1 atom stereocenters. The molecule has 1 aromatic rings. The SMILES string of the molecule is COC(=O)C(O)Cc1ncn[nH]1. The fraction of sp³-hybridized carbons (Fsp3) is 0.500. The molecule has 1 heterocycles. The van der Waals surface area contributed by atoms with E-state index in [1.54, 1.807) is 0 Å². The normalized spacial score (nSPS) is 12.5. The van der Waals surface area contributed by atoms with E-state index in [2.05, 4.69) is 19.9 Å². The van der Waals surface area contributed by atoms with Gasteiger partial charge in [0.15, 0.2) is 6.10 Å². The van der Waals surface area contributed by atoms with Crippen LogP contribution in [0.25, 0.3) is 0 Å². The number of carbonyl (C=O) groups is 1. The molecule has 66 valence electrons. The predicted molar refractivity (Wildman–Crippen MR) is 38.1 cm³/mol. The first kappa shape index (κ1) is 8.66. The van der Waals surface area contributed by atoms with Crippen LogP contribution in [0.3, 0.4) is 0 Å². The number of ether oxygens (including phenoxy) is 1. The molecule has 0 radical (unpaired) electrons. The van der Waals surface area contributed by atoms with E-state index in [4.69, 9.17) is 5.11 Å². The van der Waals surface area contributed by atoms with Gasteiger partial charge in [-0.3, -0.25) is 5.10 Å². The predicted octanol–water partition coefficient (Wildman–Crippen LogP) is -1.12. The molecular formula is C6H9N3O3. The van der Waals surface area contributed by atoms with Crippen molar-refractivity contribution in [1.29, 1.82) is 0 Å². The molecule has 1 unspecified atom stereocenters. The molecule has 0 spiro atoms. The van der Waals surface area contributed by atoms with E-state index < -0.39 is 12.1 Å². The summed E-state index contributed by atoms with van der Waals surface area (Å²) in [5.74, 6) is -0.223. The first-order valence-corrected chi connectivity index (χ1v) is 3.34. The van der Waals surface area contributed by atoms with Crippen LogP contribution >= 0.6 is 0 Å². The maximum absolute atomic E-state index is 10.7. The summed E-state index contributed by atoms with van der Waals surface area (Å²) in [6.07, 6.45) is 0.217. The Bertz CT molecular complexity index is 247. The molecule has 0 aliphatic heterocycles. The zero-order valence-electron chi connectivity index (χ0n) is 6.52. The van der Waals surface area contributed by atoms with Crippen LogP contribution in [-0.2, 0) is 16.0 Å². The minimum absolute atomic E-state index is 0.0900. The quantitative estimate of drug-likeness (QED) is 0.562. The van der Waals surface area contributed by atoms with Gasteiger partial charge in [-0.1, -0.05) is 0 Å². The number of hydrogen-bond donors (Lipinski definition) is 2. The molecular weight excluding hydrogens is 162 g/mol. The van der Waals surface area contributed by atoms with Gasteiger partial charge >= 0.3 is 5.97 Å². The van der Waals surface area contributed by atoms with Crippen LogP contribution in [0.4, 0.5) is 0 Å². The fourth-order valence-corrected chi connectivity index (χ4v) is 0.732. The highest BCUT2D eigenvalue weighted by molar-refractivity contribution is 5.74. The summed E-state index contributed by atoms with van der Waals surface area (Å²) in [4.78, 5) is 14.4. The van der Waals surface area contributed by atoms with E-state index >= 15 is 0 Å². The van der Waals surface area contributed by atoms with Crippen molar-refractivity contribution in [3.63, 3.8) is 0 Å². The maximum Gasteiger partial charge on any atom is 0.335 e. The molecule has 2 N–H and O–H groups in total. The van der Waals surface area contributed by atoms with Crippen LogP contribution in [0.5, 0.6) is 0 Å². The van der Waals surface area contributed by atoms with Crippen molar-refractivity contribution in [3.05, 3.63) is 12.2 Å². The number of nitrogens with zero attached hydrogens (tertiary/aromatic N) is 2. The lowest BCUT2D eigenvalue weighted by Crippen LogP contribution is -2.24. The summed E-state index contributed by atoms with van der Waals surface area (Å²) in [5.41, 5.74) is 0. The Morgan fingerprint density at radius 3 is 3.17 bits per heavy atom. The first-order valence-electron chi connectivity index (χ1n) is 3.34. The molecule has 0 saturated heterocycles. The van der Waals surface area contributed by atoms with Gasteiger partial charge in [0.05, 0.1) is 7.11 Å². The second-order valence-corrected chi connectivity index (χ2v) is 2.18. The van der Waals surface area contributed by atoms with Crippen LogP contribution in [0.15, 0.2) is 6.33 Å². The Balaban J connectivity index is 2.47. The van der Waals surface area contributed by atoms with Crippen molar-refractivity contribution in [2.24, 2.45) is 0 Å². The van der Waals surface area contributed by atoms with Crippen LogP contribution < -0.4 is 0 Å². The number of aliphatic hydroxyl groups excluding tert-OH is 1. The van der Waals surface area contributed by atoms with Crippen LogP contribution in [0, 0.1) is 0 Å². The van der Waals surface area contributed by atoms with Crippen molar-refractivity contribution in [3.8, 4) is 0 Å². The largest absolute Gasteiger partial charge is 0.467 e. The summed E-state index contributed by atoms with van der Waals surface area (Å²) < 4.78 is 4.31. The highest BCUT2D eigenvalue weighted by Gasteiger charge is 2.16. The van der Waals surface area contributed by atoms with Crippen LogP contribution in [0.2, 0.25) is 0 Å². The second-order valence-electron chi connectivity index (χ2n) is 2.18. The molecule has 6 nitrogen and oxygen atoms in total. The zero-order chi connectivity index (χ0) is 8.97. The molecule has 0 saturated carbocycles. The average Bonchev–Trinajstić information content (AvgIpc) is 2.55. The number of methoxy groups -OCH3 is 1. The molecule has 0 fully saturated rings. The van der Waals surface area contributed by atoms with Crippen molar-refractivity contribution >= 4 is 5.97 Å². The van der Waals surface area contributed by atoms with Crippen LogP contribution in [-0.4, -0.2) is 39.5 Å². The molecule has 0 bridgehead atoms. The van der Waals surface area contributed by atoms with Gasteiger partial charge in [0.25, 0.3) is 0 Å². The molecule has 1 rings (SSSR count). The monoisotopic (exact) mass is 171 g/mol. The third-order valence-corrected chi connectivity index (χ3v) is 1.32. The van der Waals surface area contributed by atoms with Gasteiger partial charge in [-0.25, -0.2) is 9.78 Å². The van der Waals surface area contributed by atoms with Gasteiger partial charge in [-0.05, 0) is 0 Å². The van der Waals surface area contributed by atoms with Crippen molar-refractivity contribution in [1.82, 2.24) is 15.2 Å². The lowest BCUT2D eigenvalue weighted by molar-refractivity contribution is -0.150. The number of aliphatic hydroxyl groups is 1. The Morgan fingerprint density at radius 2 is 2.67 bits per heavy atom. The zero-order valence-corrected chi connectivity index (χ0v) is 6.52. The number of aromatic nitrogens is 3. The Hall–Kier alpha value is -1.43. The Labute approximate surface area is 68.6 Å². The minimum atomic E-state index is -1.18. The van der Waals surface area contributed by atoms with Gasteiger partial charge < -0.3 is 9.84 Å². The summed E-state index contributed by atoms with van der Waals surface area (Å²) in [6, 6.07) is 0. The van der Waals surface area contributed by atoms with Gasteiger partial charge in [-0.15, -0.1) is 0 Å². The van der Waals surface area contributed by atoms with Gasteiger partial charge in [0.2, 0.25) is 0 Å². The lowest BCUT2D eigenvalue weighted by atomic mass is 10.2. The van der Waals surface area contributed by atoms with E-state index in [1.165, 1.54) is 13.4 Å². The molecule has 6 heteroatoms. The van der Waals surface area contributed by atoms with Crippen molar-refractivity contribution in [2.75, 3.05) is 7.11 Å². The van der Waals surface area contributed by atoms with E-state index in [1.807, 2.05) is 0 Å². The second kappa shape index (κ2) is 3.82. The van der Waals surface area contributed by atoms with E-state index in [0.29, 0.717) is 5.82 Å². The van der Waals surface area contributed by atoms with E-state index in [0.717, 1.165) is 0 Å². The topological polar surface area (TPSA) is 88.1 Å². The Kier molecular flexibility index (Phi) is 2.76. The molecule has 0 amide bonds. The third-order valence-electron chi connectivity index (χ3n) is 1.32. The highest BCUT2D eigenvalue weighted by atomic mass is 16.5. The number of carbonyl (C=O) groups excluding carboxylic acids is 1. The first-order chi connectivity index (χ1) is 5.74. The van der Waals surface area contributed by atoms with Crippen molar-refractivity contribution in [2.45, 2.75) is 12.5 Å². The average molecular weight is 171 g/mol. The minimum Gasteiger partial charge on any atom is -0.467 e. The maximum atomic E-state index is 10.7. The standard InChI is InChI=1S/C6H9N3O3/c1-12-6(11)4(10)2-5-7-3-8-9-5/h3-4,10H,2H2,1H3,(H,7,8,9). The lowest BCUT2D eigenvalue weighted by Gasteiger charge is -2.04. The summed E-state index contributed by atoms with van der Waals surface area (Å²) in [7, 11) is 1.21. The van der Waals surface area contributed by atoms with E-state index in [-0.39, 0.29) is 6.42 Å². The molecule has 0 aliphatic carbocycles. The summed E-state index contributed by atoms with van der Waals surface area (Å²) in [6.45, 7) is 0. The van der Waals surface area contributed by atoms with Gasteiger partial charge in [-0.2, -0.15) is 5.10 Å². The molecule has 12 heavy (non-hydrogen) atoms. The van der Waals surface area contributed by atoms with Crippen molar-refractivity contribution < 1.29 is 14.6 Å². The third kappa shape index (κ3) is 2.03.